The quantitative estimate of drug-likeness (QED) is 0.170. The summed E-state index contributed by atoms with van der Waals surface area (Å²) in [6.45, 7) is 0. The summed E-state index contributed by atoms with van der Waals surface area (Å²) >= 11 is -2.59. The lowest BCUT2D eigenvalue weighted by Gasteiger charge is -2.23. The van der Waals surface area contributed by atoms with Crippen molar-refractivity contribution in [2.24, 2.45) is 0 Å². The minimum atomic E-state index is -2.59. The Labute approximate surface area is 243 Å². The number of anilines is 5. The van der Waals surface area contributed by atoms with E-state index >= 15 is 0 Å². The van der Waals surface area contributed by atoms with Crippen LogP contribution in [0.2, 0.25) is 0 Å². The third kappa shape index (κ3) is 6.62. The van der Waals surface area contributed by atoms with E-state index in [4.69, 9.17) is 14.5 Å². The van der Waals surface area contributed by atoms with E-state index in [9.17, 15) is 17.9 Å². The highest BCUT2D eigenvalue weighted by Gasteiger charge is 2.24. The lowest BCUT2D eigenvalue weighted by molar-refractivity contribution is -0.115. The molecule has 1 heterocycles. The van der Waals surface area contributed by atoms with E-state index in [1.165, 1.54) is 38.5 Å². The van der Waals surface area contributed by atoms with Crippen molar-refractivity contribution >= 4 is 56.9 Å². The predicted octanol–water partition coefficient (Wildman–Crippen LogP) is 5.99. The molecule has 0 radical (unpaired) electrons. The summed E-state index contributed by atoms with van der Waals surface area (Å²) in [5.41, 5.74) is 2.90. The number of carbonyl (C=O) groups excluding carboxylic acids is 1. The van der Waals surface area contributed by atoms with Crippen molar-refractivity contribution in [1.29, 1.82) is 0 Å². The van der Waals surface area contributed by atoms with Gasteiger partial charge in [-0.15, -0.1) is 0 Å². The Morgan fingerprint density at radius 3 is 2.19 bits per heavy atom. The van der Waals surface area contributed by atoms with E-state index in [1.807, 2.05) is 6.07 Å². The summed E-state index contributed by atoms with van der Waals surface area (Å²) < 4.78 is 48.4. The fourth-order valence-corrected chi connectivity index (χ4v) is 4.79. The number of nitrogens with one attached hydrogen (secondary N) is 2. The Morgan fingerprint density at radius 1 is 0.881 bits per heavy atom. The molecule has 42 heavy (non-hydrogen) atoms. The van der Waals surface area contributed by atoms with E-state index in [0.717, 1.165) is 4.31 Å². The summed E-state index contributed by atoms with van der Waals surface area (Å²) in [6.07, 6.45) is 0.0222. The zero-order valence-electron chi connectivity index (χ0n) is 22.6. The number of hydrogen-bond donors (Lipinski definition) is 3. The van der Waals surface area contributed by atoms with Gasteiger partial charge in [-0.1, -0.05) is 30.3 Å². The van der Waals surface area contributed by atoms with Crippen molar-refractivity contribution in [1.82, 2.24) is 9.97 Å². The highest BCUT2D eigenvalue weighted by Crippen LogP contribution is 2.36. The molecule has 0 saturated heterocycles. The van der Waals surface area contributed by atoms with Gasteiger partial charge in [0, 0.05) is 29.6 Å². The van der Waals surface area contributed by atoms with E-state index in [2.05, 4.69) is 15.6 Å². The van der Waals surface area contributed by atoms with Crippen molar-refractivity contribution in [3.05, 3.63) is 102 Å². The second kappa shape index (κ2) is 12.6. The molecule has 1 aromatic heterocycles. The summed E-state index contributed by atoms with van der Waals surface area (Å²) in [5, 5.41) is 5.96. The zero-order chi connectivity index (χ0) is 29.6. The molecule has 5 aromatic rings. The van der Waals surface area contributed by atoms with E-state index < -0.39 is 11.3 Å². The van der Waals surface area contributed by atoms with Gasteiger partial charge in [-0.25, -0.2) is 22.9 Å². The Kier molecular flexibility index (Phi) is 8.55. The van der Waals surface area contributed by atoms with Gasteiger partial charge in [-0.2, -0.15) is 0 Å². The van der Waals surface area contributed by atoms with Gasteiger partial charge in [0.15, 0.2) is 11.6 Å². The zero-order valence-corrected chi connectivity index (χ0v) is 23.4. The minimum Gasteiger partial charge on any atom is -0.497 e. The molecule has 0 spiro atoms. The van der Waals surface area contributed by atoms with Crippen molar-refractivity contribution in [3.63, 3.8) is 0 Å². The van der Waals surface area contributed by atoms with Gasteiger partial charge in [0.1, 0.15) is 17.3 Å². The Bertz CT molecular complexity index is 1750. The molecule has 214 valence electrons. The minimum absolute atomic E-state index is 0.0222. The third-order valence-electron chi connectivity index (χ3n) is 6.16. The van der Waals surface area contributed by atoms with Gasteiger partial charge >= 0.3 is 0 Å². The summed E-state index contributed by atoms with van der Waals surface area (Å²) in [4.78, 5) is 22.1. The highest BCUT2D eigenvalue weighted by molar-refractivity contribution is 7.81. The maximum absolute atomic E-state index is 13.2. The number of para-hydroxylation sites is 2. The molecule has 0 aliphatic rings. The van der Waals surface area contributed by atoms with Crippen LogP contribution in [0.5, 0.6) is 11.5 Å². The van der Waals surface area contributed by atoms with E-state index in [1.54, 1.807) is 60.7 Å². The number of fused-ring (bicyclic) bond motifs is 1. The number of rotatable bonds is 10. The van der Waals surface area contributed by atoms with Crippen molar-refractivity contribution in [3.8, 4) is 11.5 Å². The number of methoxy groups -OCH3 is 2. The van der Waals surface area contributed by atoms with E-state index in [-0.39, 0.29) is 35.5 Å². The average molecular weight is 588 g/mol. The first-order valence-electron chi connectivity index (χ1n) is 12.7. The molecule has 12 heteroatoms. The van der Waals surface area contributed by atoms with Crippen LogP contribution >= 0.6 is 0 Å². The lowest BCUT2D eigenvalue weighted by atomic mass is 10.1. The van der Waals surface area contributed by atoms with Crippen molar-refractivity contribution < 1.29 is 27.4 Å². The first-order chi connectivity index (χ1) is 20.3. The molecule has 0 fully saturated rings. The Morgan fingerprint density at radius 2 is 1.55 bits per heavy atom. The maximum Gasteiger partial charge on any atom is 0.268 e. The number of aromatic nitrogens is 2. The lowest BCUT2D eigenvalue weighted by Crippen LogP contribution is -2.22. The molecule has 4 aromatic carbocycles. The number of hydrogen-bond acceptors (Lipinski definition) is 7. The normalized spacial score (nSPS) is 11.5. The van der Waals surface area contributed by atoms with Crippen molar-refractivity contribution in [2.75, 3.05) is 29.2 Å². The van der Waals surface area contributed by atoms with Crippen LogP contribution in [0, 0.1) is 5.82 Å². The monoisotopic (exact) mass is 587 g/mol. The highest BCUT2D eigenvalue weighted by atomic mass is 32.2. The number of nitrogens with zero attached hydrogens (tertiary/aromatic N) is 3. The van der Waals surface area contributed by atoms with Crippen LogP contribution in [-0.4, -0.2) is 38.9 Å². The van der Waals surface area contributed by atoms with Crippen molar-refractivity contribution in [2.45, 2.75) is 6.42 Å². The van der Waals surface area contributed by atoms with Gasteiger partial charge in [-0.3, -0.25) is 9.35 Å². The molecule has 5 rings (SSSR count). The summed E-state index contributed by atoms with van der Waals surface area (Å²) in [6, 6.07) is 24.4. The van der Waals surface area contributed by atoms with Crippen LogP contribution in [0.3, 0.4) is 0 Å². The van der Waals surface area contributed by atoms with Gasteiger partial charge in [0.2, 0.25) is 5.91 Å². The largest absolute Gasteiger partial charge is 0.497 e. The van der Waals surface area contributed by atoms with E-state index in [0.29, 0.717) is 39.5 Å². The number of benzene rings is 4. The molecule has 0 aliphatic carbocycles. The van der Waals surface area contributed by atoms with Gasteiger partial charge < -0.3 is 20.1 Å². The first kappa shape index (κ1) is 28.5. The molecule has 1 atom stereocenters. The van der Waals surface area contributed by atoms with Crippen LogP contribution in [0.15, 0.2) is 91.0 Å². The van der Waals surface area contributed by atoms with Crippen LogP contribution in [0.4, 0.5) is 33.1 Å². The summed E-state index contributed by atoms with van der Waals surface area (Å²) in [7, 11) is 3.06. The van der Waals surface area contributed by atoms with Crippen LogP contribution in [-0.2, 0) is 22.5 Å². The van der Waals surface area contributed by atoms with Crippen LogP contribution in [0.1, 0.15) is 5.56 Å². The SMILES string of the molecule is COc1cc(Nc2nc3ccccc3nc2N(c2cccc(NC(=O)Cc3ccc(F)cc3)c2)S(=O)O)cc(OC)c1. The van der Waals surface area contributed by atoms with Gasteiger partial charge in [-0.05, 0) is 48.0 Å². The molecular weight excluding hydrogens is 561 g/mol. The number of carbonyl (C=O) groups is 1. The smallest absolute Gasteiger partial charge is 0.268 e. The number of amides is 1. The van der Waals surface area contributed by atoms with Gasteiger partial charge in [0.25, 0.3) is 11.3 Å². The predicted molar refractivity (Wildman–Crippen MR) is 160 cm³/mol. The topological polar surface area (TPSA) is 126 Å². The van der Waals surface area contributed by atoms with Crippen LogP contribution < -0.4 is 24.4 Å². The third-order valence-corrected chi connectivity index (χ3v) is 6.85. The molecule has 0 aliphatic heterocycles. The fourth-order valence-electron chi connectivity index (χ4n) is 4.22. The average Bonchev–Trinajstić information content (AvgIpc) is 2.98. The molecule has 0 bridgehead atoms. The molecule has 1 unspecified atom stereocenters. The molecule has 10 nitrogen and oxygen atoms in total. The molecular formula is C30H26FN5O5S. The number of ether oxygens (including phenoxy) is 2. The standard InChI is InChI=1S/C30H26FN5O5S/c1-40-24-16-22(17-25(18-24)41-2)33-29-30(35-27-9-4-3-8-26(27)34-29)36(42(38)39)23-7-5-6-21(15-23)32-28(37)14-19-10-12-20(31)13-11-19/h3-13,15-18H,14H2,1-2H3,(H,32,37)(H,33,34)(H,38,39). The molecule has 1 amide bonds. The maximum atomic E-state index is 13.2. The Balaban J connectivity index is 1.52. The van der Waals surface area contributed by atoms with Gasteiger partial charge in [0.05, 0.1) is 37.4 Å². The number of halogens is 1. The second-order valence-electron chi connectivity index (χ2n) is 9.04. The Hall–Kier alpha value is -5.07. The van der Waals surface area contributed by atoms with Crippen LogP contribution in [0.25, 0.3) is 11.0 Å². The fraction of sp³-hybridized carbons (Fsp3) is 0.100. The second-order valence-corrected chi connectivity index (χ2v) is 9.86. The summed E-state index contributed by atoms with van der Waals surface area (Å²) in [5.74, 6) is 0.580. The first-order valence-corrected chi connectivity index (χ1v) is 13.7. The molecule has 0 saturated carbocycles. The molecule has 3 N–H and O–H groups in total.